The second kappa shape index (κ2) is 7.04. The normalized spacial score (nSPS) is 12.1. The molecule has 5 heteroatoms. The summed E-state index contributed by atoms with van der Waals surface area (Å²) in [5.41, 5.74) is 1.46. The van der Waals surface area contributed by atoms with E-state index in [9.17, 15) is 14.7 Å². The highest BCUT2D eigenvalue weighted by Crippen LogP contribution is 2.37. The minimum absolute atomic E-state index is 0.0688. The van der Waals surface area contributed by atoms with Gasteiger partial charge in [0.25, 0.3) is 0 Å². The quantitative estimate of drug-likeness (QED) is 0.710. The third kappa shape index (κ3) is 3.33. The topological polar surface area (TPSA) is 70.8 Å². The van der Waals surface area contributed by atoms with Gasteiger partial charge in [-0.25, -0.2) is 4.79 Å². The predicted molar refractivity (Wildman–Crippen MR) is 102 cm³/mol. The molecule has 1 heterocycles. The Balaban J connectivity index is 2.23. The zero-order valence-corrected chi connectivity index (χ0v) is 15.0. The molecular formula is C21H21NO4. The molecule has 0 saturated heterocycles. The van der Waals surface area contributed by atoms with Gasteiger partial charge < -0.3 is 14.4 Å². The van der Waals surface area contributed by atoms with Crippen molar-refractivity contribution in [2.24, 2.45) is 0 Å². The number of anilines is 1. The molecule has 1 N–H and O–H groups in total. The Kier molecular flexibility index (Phi) is 4.80. The van der Waals surface area contributed by atoms with Gasteiger partial charge in [0.1, 0.15) is 17.1 Å². The van der Waals surface area contributed by atoms with Crippen LogP contribution in [0.3, 0.4) is 0 Å². The molecule has 26 heavy (non-hydrogen) atoms. The monoisotopic (exact) mass is 351 g/mol. The van der Waals surface area contributed by atoms with Crippen LogP contribution in [0.2, 0.25) is 0 Å². The van der Waals surface area contributed by atoms with Crippen LogP contribution in [-0.4, -0.2) is 25.0 Å². The van der Waals surface area contributed by atoms with Crippen LogP contribution in [0, 0.1) is 0 Å². The first-order chi connectivity index (χ1) is 12.4. The zero-order valence-electron chi connectivity index (χ0n) is 15.0. The molecule has 0 amide bonds. The number of aromatic hydroxyl groups is 1. The average molecular weight is 351 g/mol. The second-order valence-corrected chi connectivity index (χ2v) is 6.60. The van der Waals surface area contributed by atoms with Gasteiger partial charge in [-0.3, -0.25) is 4.79 Å². The first-order valence-corrected chi connectivity index (χ1v) is 8.40. The highest BCUT2D eigenvalue weighted by atomic mass is 16.4. The Bertz CT molecular complexity index is 1010. The van der Waals surface area contributed by atoms with Crippen LogP contribution in [0.4, 0.5) is 5.69 Å². The summed E-state index contributed by atoms with van der Waals surface area (Å²) in [6.45, 7) is 1.47. The maximum atomic E-state index is 12.7. The van der Waals surface area contributed by atoms with Crippen LogP contribution >= 0.6 is 0 Å². The summed E-state index contributed by atoms with van der Waals surface area (Å²) >= 11 is 0. The van der Waals surface area contributed by atoms with Crippen molar-refractivity contribution in [1.82, 2.24) is 0 Å². The van der Waals surface area contributed by atoms with Crippen LogP contribution in [-0.2, 0) is 4.79 Å². The smallest absolute Gasteiger partial charge is 0.343 e. The molecule has 0 bridgehead atoms. The van der Waals surface area contributed by atoms with Crippen LogP contribution in [0.1, 0.15) is 30.4 Å². The lowest BCUT2D eigenvalue weighted by Gasteiger charge is -2.18. The summed E-state index contributed by atoms with van der Waals surface area (Å²) in [5, 5.41) is 11.3. The predicted octanol–water partition coefficient (Wildman–Crippen LogP) is 3.68. The number of Topliss-reactive ketones (excluding diaryl/α,β-unsaturated/α-hetero) is 1. The molecule has 0 fully saturated rings. The van der Waals surface area contributed by atoms with Crippen molar-refractivity contribution in [1.29, 1.82) is 0 Å². The van der Waals surface area contributed by atoms with E-state index in [1.165, 1.54) is 6.92 Å². The van der Waals surface area contributed by atoms with Crippen molar-refractivity contribution in [3.05, 3.63) is 70.1 Å². The molecule has 0 radical (unpaired) electrons. The molecular weight excluding hydrogens is 330 g/mol. The molecule has 3 aromatic rings. The molecule has 0 spiro atoms. The Morgan fingerprint density at radius 1 is 1.15 bits per heavy atom. The molecule has 3 rings (SSSR count). The molecule has 0 aliphatic rings. The number of hydrogen-bond donors (Lipinski definition) is 1. The fourth-order valence-electron chi connectivity index (χ4n) is 3.13. The SMILES string of the molecule is CC(=O)CC(c1ccccc1)c1c(O)c2ccc(N(C)C)cc2oc1=O. The number of hydrogen-bond acceptors (Lipinski definition) is 5. The molecule has 5 nitrogen and oxygen atoms in total. The van der Waals surface area contributed by atoms with Gasteiger partial charge in [0.05, 0.1) is 10.9 Å². The van der Waals surface area contributed by atoms with Gasteiger partial charge in [-0.1, -0.05) is 30.3 Å². The van der Waals surface area contributed by atoms with E-state index in [1.807, 2.05) is 55.4 Å². The zero-order chi connectivity index (χ0) is 18.8. The van der Waals surface area contributed by atoms with E-state index in [0.717, 1.165) is 11.3 Å². The summed E-state index contributed by atoms with van der Waals surface area (Å²) in [5.74, 6) is -0.750. The number of benzene rings is 2. The fraction of sp³-hybridized carbons (Fsp3) is 0.238. The average Bonchev–Trinajstić information content (AvgIpc) is 2.60. The number of nitrogens with zero attached hydrogens (tertiary/aromatic N) is 1. The number of carbonyl (C=O) groups excluding carboxylic acids is 1. The summed E-state index contributed by atoms with van der Waals surface area (Å²) < 4.78 is 5.49. The van der Waals surface area contributed by atoms with Crippen molar-refractivity contribution in [3.63, 3.8) is 0 Å². The summed E-state index contributed by atoms with van der Waals surface area (Å²) in [6, 6.07) is 14.5. The number of carbonyl (C=O) groups is 1. The summed E-state index contributed by atoms with van der Waals surface area (Å²) in [7, 11) is 3.76. The lowest BCUT2D eigenvalue weighted by atomic mass is 9.87. The van der Waals surface area contributed by atoms with Crippen LogP contribution < -0.4 is 10.5 Å². The van der Waals surface area contributed by atoms with E-state index < -0.39 is 11.5 Å². The van der Waals surface area contributed by atoms with Crippen molar-refractivity contribution in [2.75, 3.05) is 19.0 Å². The maximum Gasteiger partial charge on any atom is 0.343 e. The lowest BCUT2D eigenvalue weighted by Crippen LogP contribution is -2.16. The van der Waals surface area contributed by atoms with Gasteiger partial charge in [-0.15, -0.1) is 0 Å². The molecule has 0 saturated carbocycles. The molecule has 1 atom stereocenters. The number of rotatable bonds is 5. The first-order valence-electron chi connectivity index (χ1n) is 8.40. The molecule has 1 unspecified atom stereocenters. The van der Waals surface area contributed by atoms with E-state index >= 15 is 0 Å². The lowest BCUT2D eigenvalue weighted by molar-refractivity contribution is -0.117. The second-order valence-electron chi connectivity index (χ2n) is 6.60. The summed E-state index contributed by atoms with van der Waals surface area (Å²) in [4.78, 5) is 26.3. The minimum atomic E-state index is -0.624. The third-order valence-corrected chi connectivity index (χ3v) is 4.46. The molecule has 1 aromatic heterocycles. The van der Waals surface area contributed by atoms with Gasteiger partial charge >= 0.3 is 5.63 Å². The molecule has 2 aromatic carbocycles. The van der Waals surface area contributed by atoms with Gasteiger partial charge in [-0.2, -0.15) is 0 Å². The first kappa shape index (κ1) is 17.7. The van der Waals surface area contributed by atoms with Gasteiger partial charge in [0.2, 0.25) is 0 Å². The van der Waals surface area contributed by atoms with E-state index in [-0.39, 0.29) is 23.5 Å². The number of fused-ring (bicyclic) bond motifs is 1. The van der Waals surface area contributed by atoms with Gasteiger partial charge in [0.15, 0.2) is 0 Å². The Hall–Kier alpha value is -3.08. The largest absolute Gasteiger partial charge is 0.507 e. The minimum Gasteiger partial charge on any atom is -0.507 e. The summed E-state index contributed by atoms with van der Waals surface area (Å²) in [6.07, 6.45) is 0.115. The van der Waals surface area contributed by atoms with Crippen LogP contribution in [0.15, 0.2) is 57.7 Å². The maximum absolute atomic E-state index is 12.7. The molecule has 0 aliphatic carbocycles. The fourth-order valence-corrected chi connectivity index (χ4v) is 3.13. The van der Waals surface area contributed by atoms with Crippen molar-refractivity contribution >= 4 is 22.4 Å². The van der Waals surface area contributed by atoms with Gasteiger partial charge in [0, 0.05) is 38.2 Å². The van der Waals surface area contributed by atoms with Crippen LogP contribution in [0.5, 0.6) is 5.75 Å². The Morgan fingerprint density at radius 2 is 1.85 bits per heavy atom. The third-order valence-electron chi connectivity index (χ3n) is 4.46. The van der Waals surface area contributed by atoms with E-state index in [1.54, 1.807) is 12.1 Å². The highest BCUT2D eigenvalue weighted by Gasteiger charge is 2.26. The number of ketones is 1. The van der Waals surface area contributed by atoms with E-state index in [0.29, 0.717) is 11.0 Å². The Morgan fingerprint density at radius 3 is 2.46 bits per heavy atom. The van der Waals surface area contributed by atoms with Gasteiger partial charge in [-0.05, 0) is 24.6 Å². The van der Waals surface area contributed by atoms with Crippen LogP contribution in [0.25, 0.3) is 11.0 Å². The van der Waals surface area contributed by atoms with Crippen molar-refractivity contribution < 1.29 is 14.3 Å². The standard InChI is InChI=1S/C21H21NO4/c1-13(23)11-17(14-7-5-4-6-8-14)19-20(24)16-10-9-15(22(2)3)12-18(16)26-21(19)25/h4-10,12,17,24H,11H2,1-3H3. The molecule has 134 valence electrons. The van der Waals surface area contributed by atoms with E-state index in [4.69, 9.17) is 4.42 Å². The van der Waals surface area contributed by atoms with E-state index in [2.05, 4.69) is 0 Å². The van der Waals surface area contributed by atoms with Crippen molar-refractivity contribution in [3.8, 4) is 5.75 Å². The van der Waals surface area contributed by atoms with Crippen molar-refractivity contribution in [2.45, 2.75) is 19.3 Å². The highest BCUT2D eigenvalue weighted by molar-refractivity contribution is 5.87. The Labute approximate surface area is 151 Å². The molecule has 0 aliphatic heterocycles.